The van der Waals surface area contributed by atoms with E-state index in [1.165, 1.54) is 18.7 Å². The van der Waals surface area contributed by atoms with Crippen LogP contribution in [0.4, 0.5) is 0 Å². The van der Waals surface area contributed by atoms with E-state index in [1.807, 2.05) is 134 Å². The highest BCUT2D eigenvalue weighted by molar-refractivity contribution is 5.93. The number of rotatable bonds is 12. The lowest BCUT2D eigenvalue weighted by Crippen LogP contribution is -2.52. The molecular formula is C67H123N7O14. The van der Waals surface area contributed by atoms with E-state index < -0.39 is 75.8 Å². The van der Waals surface area contributed by atoms with Gasteiger partial charge in [0.1, 0.15) is 18.4 Å². The zero-order valence-electron chi connectivity index (χ0n) is 60.5. The molecule has 0 aliphatic carbocycles. The van der Waals surface area contributed by atoms with Crippen LogP contribution < -0.4 is 11.1 Å². The van der Waals surface area contributed by atoms with E-state index in [1.54, 1.807) is 26.2 Å². The van der Waals surface area contributed by atoms with Gasteiger partial charge in [-0.25, -0.2) is 9.86 Å². The molecule has 4 rings (SSSR count). The Morgan fingerprint density at radius 2 is 1.09 bits per heavy atom. The monoisotopic (exact) mass is 1250 g/mol. The van der Waals surface area contributed by atoms with Crippen LogP contribution in [0.2, 0.25) is 0 Å². The fourth-order valence-corrected chi connectivity index (χ4v) is 10.2. The highest BCUT2D eigenvalue weighted by Gasteiger charge is 2.69. The molecule has 88 heavy (non-hydrogen) atoms. The number of ketones is 2. The molecule has 0 aromatic carbocycles. The Balaban J connectivity index is -0.000000979. The molecule has 4 heterocycles. The van der Waals surface area contributed by atoms with Gasteiger partial charge in [0.15, 0.2) is 12.0 Å². The maximum Gasteiger partial charge on any atom is 0.327 e. The van der Waals surface area contributed by atoms with Gasteiger partial charge in [0.05, 0.1) is 33.7 Å². The molecule has 0 spiro atoms. The molecule has 4 fully saturated rings. The number of Topliss-reactive ketones (excluding diaryl/α,β-unsaturated/α-hetero) is 2. The van der Waals surface area contributed by atoms with Crippen LogP contribution in [0.3, 0.4) is 0 Å². The van der Waals surface area contributed by atoms with Crippen molar-refractivity contribution in [3.8, 4) is 0 Å². The number of aliphatic hydroxyl groups excluding tert-OH is 2. The van der Waals surface area contributed by atoms with Crippen LogP contribution in [-0.4, -0.2) is 173 Å². The molecule has 4 aliphatic rings. The van der Waals surface area contributed by atoms with Crippen molar-refractivity contribution < 1.29 is 68.9 Å². The van der Waals surface area contributed by atoms with Crippen molar-refractivity contribution in [2.24, 2.45) is 65.8 Å². The minimum Gasteiger partial charge on any atom is -0.480 e. The summed E-state index contributed by atoms with van der Waals surface area (Å²) in [6.07, 6.45) is 4.36. The highest BCUT2D eigenvalue weighted by atomic mass is 16.6. The number of hydrogen-bond acceptors (Lipinski definition) is 14. The van der Waals surface area contributed by atoms with Crippen molar-refractivity contribution in [1.29, 1.82) is 0 Å². The van der Waals surface area contributed by atoms with Crippen molar-refractivity contribution in [3.05, 3.63) is 38.0 Å². The summed E-state index contributed by atoms with van der Waals surface area (Å²) in [6, 6.07) is -2.47. The van der Waals surface area contributed by atoms with Crippen LogP contribution in [-0.2, 0) is 43.2 Å². The van der Waals surface area contributed by atoms with E-state index in [2.05, 4.69) is 101 Å². The molecule has 510 valence electrons. The Labute approximate surface area is 530 Å². The standard InChI is InChI=1S/C15H27NO.C12H21NO.C10H19NO2.C10H18O2.C9H15N3O6.C7H14O.C4H9NO/c1-10-12(2,3)15(8)11(17)16(9)14(6,7)13(15,4)5;1-8-12(6)9(14)13(7)11(4,5)10(12,2)3;1-8(2)7(12)11(13)10(5,6)9(8,3)4;1-6-9(2,3)10(4,5)8(12)7-11;1-3(10)7(14)11-6(9(16)17)4-2-5(13)12(18)8(4)15;1-5-6(8)7(2,3)4;1-4(6)5(2)3/h10H,1H2,2-9H3;8H,1H2,2-7H3;13H,1-6H3;6,11H,1,7H2,2-5H3;3-6,13,18H,2,10H2,1H3,(H,11,14)(H,16,17);5H2,1-4H3;1-3H3. The lowest BCUT2D eigenvalue weighted by molar-refractivity contribution is -0.191. The molecule has 6 amide bonds. The molecule has 21 nitrogen and oxygen atoms in total. The number of hydrogen-bond donors (Lipinski definition) is 7. The van der Waals surface area contributed by atoms with Gasteiger partial charge < -0.3 is 41.1 Å². The lowest BCUT2D eigenvalue weighted by atomic mass is 9.51. The van der Waals surface area contributed by atoms with E-state index in [9.17, 15) is 53.5 Å². The number of carbonyl (C=O) groups is 9. The summed E-state index contributed by atoms with van der Waals surface area (Å²) in [5.74, 6) is -3.89. The van der Waals surface area contributed by atoms with Gasteiger partial charge in [-0.15, -0.1) is 19.7 Å². The summed E-state index contributed by atoms with van der Waals surface area (Å²) >= 11 is 0. The number of allylic oxidation sites excluding steroid dienone is 2. The summed E-state index contributed by atoms with van der Waals surface area (Å²) in [5, 5.41) is 48.8. The fraction of sp³-hybridized carbons (Fsp3) is 0.776. The van der Waals surface area contributed by atoms with Crippen LogP contribution in [0.1, 0.15) is 207 Å². The maximum atomic E-state index is 12.7. The van der Waals surface area contributed by atoms with Crippen molar-refractivity contribution in [2.75, 3.05) is 34.8 Å². The third-order valence-electron chi connectivity index (χ3n) is 22.7. The average Bonchev–Trinajstić information content (AvgIpc) is 2.86. The number of likely N-dealkylation sites (tertiary alicyclic amines) is 2. The Kier molecular flexibility index (Phi) is 29.3. The number of amides is 6. The van der Waals surface area contributed by atoms with E-state index in [-0.39, 0.29) is 84.5 Å². The largest absolute Gasteiger partial charge is 0.480 e. The Bertz CT molecular complexity index is 2550. The van der Waals surface area contributed by atoms with Gasteiger partial charge in [-0.2, -0.15) is 5.06 Å². The van der Waals surface area contributed by atoms with Gasteiger partial charge in [0.2, 0.25) is 23.6 Å². The summed E-state index contributed by atoms with van der Waals surface area (Å²) in [7, 11) is 7.23. The Morgan fingerprint density at radius 3 is 1.27 bits per heavy atom. The van der Waals surface area contributed by atoms with Gasteiger partial charge in [-0.05, 0) is 73.1 Å². The smallest absolute Gasteiger partial charge is 0.327 e. The van der Waals surface area contributed by atoms with Crippen molar-refractivity contribution in [1.82, 2.24) is 30.1 Å². The van der Waals surface area contributed by atoms with E-state index in [4.69, 9.17) is 21.2 Å². The van der Waals surface area contributed by atoms with Crippen LogP contribution >= 0.6 is 0 Å². The minimum atomic E-state index is -1.54. The van der Waals surface area contributed by atoms with E-state index in [0.29, 0.717) is 12.2 Å². The first-order valence-electron chi connectivity index (χ1n) is 30.1. The first-order chi connectivity index (χ1) is 38.7. The molecular weight excluding hydrogens is 1130 g/mol. The minimum absolute atomic E-state index is 0.0542. The predicted octanol–water partition coefficient (Wildman–Crippen LogP) is 9.34. The van der Waals surface area contributed by atoms with E-state index >= 15 is 0 Å². The molecule has 4 saturated heterocycles. The second-order valence-electron chi connectivity index (χ2n) is 30.7. The SMILES string of the molecule is C=CC(C)(C)C(C)(C)C(=O)CO.C=CC(C)(C)C1(C)C(=O)N(C)C(C)(C)C1(C)C.C=CC1(C)C(=O)N(C)C(C)(C)C1(C)C.CC(=O)N(C)C.CC(N)C(=O)NC(C(=O)O)C1CC(O)N(O)C1=O.CC1(C)C(=O)N(O)C(C)(C)C1(C)C.CCC(=O)C(C)(C)C. The van der Waals surface area contributed by atoms with Gasteiger partial charge >= 0.3 is 5.97 Å². The quantitative estimate of drug-likeness (QED) is 0.0707. The van der Waals surface area contributed by atoms with Crippen LogP contribution in [0, 0.1) is 60.1 Å². The number of nitrogens with two attached hydrogens (primary N) is 1. The third-order valence-corrected chi connectivity index (χ3v) is 22.7. The van der Waals surface area contributed by atoms with Crippen molar-refractivity contribution in [3.63, 3.8) is 0 Å². The molecule has 0 saturated carbocycles. The highest BCUT2D eigenvalue weighted by Crippen LogP contribution is 2.64. The van der Waals surface area contributed by atoms with Gasteiger partial charge in [0, 0.05) is 86.1 Å². The molecule has 21 heteroatoms. The van der Waals surface area contributed by atoms with Crippen LogP contribution in [0.15, 0.2) is 38.0 Å². The van der Waals surface area contributed by atoms with Gasteiger partial charge in [-0.3, -0.25) is 48.8 Å². The molecule has 6 atom stereocenters. The summed E-state index contributed by atoms with van der Waals surface area (Å²) in [4.78, 5) is 108. The molecule has 0 aromatic heterocycles. The average molecular weight is 1250 g/mol. The molecule has 6 unspecified atom stereocenters. The van der Waals surface area contributed by atoms with Crippen LogP contribution in [0.25, 0.3) is 0 Å². The Morgan fingerprint density at radius 1 is 0.693 bits per heavy atom. The molecule has 0 bridgehead atoms. The number of hydroxylamine groups is 4. The van der Waals surface area contributed by atoms with Gasteiger partial charge in [0.25, 0.3) is 11.8 Å². The second-order valence-corrected chi connectivity index (χ2v) is 30.7. The van der Waals surface area contributed by atoms with Gasteiger partial charge in [-0.1, -0.05) is 143 Å². The first kappa shape index (κ1) is 86.9. The maximum absolute atomic E-state index is 12.7. The normalized spacial score (nSPS) is 24.8. The predicted molar refractivity (Wildman–Crippen MR) is 347 cm³/mol. The number of nitrogens with zero attached hydrogens (tertiary/aromatic N) is 5. The lowest BCUT2D eigenvalue weighted by Gasteiger charge is -2.50. The van der Waals surface area contributed by atoms with Crippen molar-refractivity contribution in [2.45, 2.75) is 242 Å². The number of carboxylic acid groups (broad SMARTS) is 1. The van der Waals surface area contributed by atoms with Crippen LogP contribution in [0.5, 0.6) is 0 Å². The van der Waals surface area contributed by atoms with Crippen molar-refractivity contribution >= 4 is 53.0 Å². The first-order valence-corrected chi connectivity index (χ1v) is 30.1. The number of nitrogens with one attached hydrogen (secondary N) is 1. The summed E-state index contributed by atoms with van der Waals surface area (Å²) in [5.41, 5.74) is 1.43. The fourth-order valence-electron chi connectivity index (χ4n) is 10.2. The molecule has 4 aliphatic heterocycles. The molecule has 0 aromatic rings. The van der Waals surface area contributed by atoms with E-state index in [0.717, 1.165) is 5.06 Å². The molecule has 8 N–H and O–H groups in total. The zero-order chi connectivity index (χ0) is 71.8. The molecule has 0 radical (unpaired) electrons. The number of carboxylic acids is 1. The number of aliphatic carboxylic acids is 1. The second kappa shape index (κ2) is 29.7. The summed E-state index contributed by atoms with van der Waals surface area (Å²) < 4.78 is 0. The number of aliphatic hydroxyl groups is 2. The Hall–Kier alpha value is -5.35. The third kappa shape index (κ3) is 16.6. The topological polar surface area (TPSA) is 309 Å². The summed E-state index contributed by atoms with van der Waals surface area (Å²) in [6.45, 7) is 66.2. The number of carbonyl (C=O) groups excluding carboxylic acids is 8. The zero-order valence-corrected chi connectivity index (χ0v) is 60.5.